The third-order valence-electron chi connectivity index (χ3n) is 3.65. The lowest BCUT2D eigenvalue weighted by Gasteiger charge is -2.19. The molecule has 2 rings (SSSR count). The molecule has 27 heavy (non-hydrogen) atoms. The second-order valence-corrected chi connectivity index (χ2v) is 7.59. The van der Waals surface area contributed by atoms with E-state index < -0.39 is 10.0 Å². The maximum Gasteiger partial charge on any atom is 0.248 e. The van der Waals surface area contributed by atoms with Crippen molar-refractivity contribution in [2.45, 2.75) is 4.90 Å². The predicted molar refractivity (Wildman–Crippen MR) is 110 cm³/mol. The van der Waals surface area contributed by atoms with Crippen LogP contribution in [0.3, 0.4) is 0 Å². The molecule has 1 N–H and O–H groups in total. The Labute approximate surface area is 160 Å². The van der Waals surface area contributed by atoms with Gasteiger partial charge < -0.3 is 5.32 Å². The maximum absolute atomic E-state index is 12.6. The molecule has 2 aromatic rings. The van der Waals surface area contributed by atoms with E-state index in [2.05, 4.69) is 18.5 Å². The molecule has 0 aliphatic carbocycles. The summed E-state index contributed by atoms with van der Waals surface area (Å²) in [6.45, 7) is 7.55. The van der Waals surface area contributed by atoms with E-state index >= 15 is 0 Å². The van der Waals surface area contributed by atoms with Crippen molar-refractivity contribution in [3.05, 3.63) is 91.5 Å². The smallest absolute Gasteiger partial charge is 0.248 e. The minimum Gasteiger partial charge on any atom is -0.323 e. The normalized spacial score (nSPS) is 11.4. The van der Waals surface area contributed by atoms with Crippen molar-refractivity contribution in [1.82, 2.24) is 4.31 Å². The molecule has 0 saturated carbocycles. The topological polar surface area (TPSA) is 66.5 Å². The highest BCUT2D eigenvalue weighted by atomic mass is 32.2. The first-order valence-corrected chi connectivity index (χ1v) is 9.77. The molecule has 0 heterocycles. The second-order valence-electron chi connectivity index (χ2n) is 5.66. The standard InChI is InChI=1S/C21H22N2O3S/c1-3-16-23(17-4-2)27(25,26)20-13-11-19(12-14-20)22-21(24)15-10-18-8-6-5-7-9-18/h3-15H,1-2,16-17H2,(H,22,24). The van der Waals surface area contributed by atoms with Crippen LogP contribution in [0.5, 0.6) is 0 Å². The number of carbonyl (C=O) groups is 1. The van der Waals surface area contributed by atoms with Gasteiger partial charge in [0, 0.05) is 24.9 Å². The summed E-state index contributed by atoms with van der Waals surface area (Å²) in [5.41, 5.74) is 1.43. The van der Waals surface area contributed by atoms with Crippen LogP contribution in [0.2, 0.25) is 0 Å². The van der Waals surface area contributed by atoms with E-state index in [4.69, 9.17) is 0 Å². The summed E-state index contributed by atoms with van der Waals surface area (Å²) in [6.07, 6.45) is 6.18. The fourth-order valence-corrected chi connectivity index (χ4v) is 3.72. The summed E-state index contributed by atoms with van der Waals surface area (Å²) < 4.78 is 26.5. The van der Waals surface area contributed by atoms with Crippen LogP contribution in [0.25, 0.3) is 6.08 Å². The highest BCUT2D eigenvalue weighted by Gasteiger charge is 2.22. The Morgan fingerprint density at radius 1 is 0.963 bits per heavy atom. The van der Waals surface area contributed by atoms with Crippen molar-refractivity contribution in [3.8, 4) is 0 Å². The number of nitrogens with one attached hydrogen (secondary N) is 1. The zero-order valence-electron chi connectivity index (χ0n) is 14.9. The molecule has 5 nitrogen and oxygen atoms in total. The fourth-order valence-electron chi connectivity index (χ4n) is 2.34. The average molecular weight is 382 g/mol. The van der Waals surface area contributed by atoms with Crippen LogP contribution in [0.15, 0.2) is 90.9 Å². The Kier molecular flexibility index (Phi) is 7.28. The van der Waals surface area contributed by atoms with Crippen LogP contribution in [0.4, 0.5) is 5.69 Å². The molecule has 0 aromatic heterocycles. The van der Waals surface area contributed by atoms with Gasteiger partial charge in [-0.05, 0) is 35.9 Å². The number of sulfonamides is 1. The van der Waals surface area contributed by atoms with Crippen LogP contribution >= 0.6 is 0 Å². The summed E-state index contributed by atoms with van der Waals surface area (Å²) in [7, 11) is -3.65. The van der Waals surface area contributed by atoms with Crippen molar-refractivity contribution in [3.63, 3.8) is 0 Å². The van der Waals surface area contributed by atoms with Gasteiger partial charge in [0.1, 0.15) is 0 Å². The highest BCUT2D eigenvalue weighted by Crippen LogP contribution is 2.18. The van der Waals surface area contributed by atoms with Crippen LogP contribution < -0.4 is 5.32 Å². The van der Waals surface area contributed by atoms with E-state index in [0.29, 0.717) is 5.69 Å². The van der Waals surface area contributed by atoms with Crippen LogP contribution in [0.1, 0.15) is 5.56 Å². The molecule has 6 heteroatoms. The van der Waals surface area contributed by atoms with Gasteiger partial charge in [-0.25, -0.2) is 8.42 Å². The molecule has 0 fully saturated rings. The molecule has 0 spiro atoms. The van der Waals surface area contributed by atoms with Gasteiger partial charge >= 0.3 is 0 Å². The maximum atomic E-state index is 12.6. The highest BCUT2D eigenvalue weighted by molar-refractivity contribution is 7.89. The molecule has 0 aliphatic rings. The molecule has 0 saturated heterocycles. The molecule has 140 valence electrons. The van der Waals surface area contributed by atoms with E-state index in [-0.39, 0.29) is 23.9 Å². The number of hydrogen-bond donors (Lipinski definition) is 1. The van der Waals surface area contributed by atoms with E-state index in [9.17, 15) is 13.2 Å². The summed E-state index contributed by atoms with van der Waals surface area (Å²) >= 11 is 0. The number of anilines is 1. The molecule has 0 bridgehead atoms. The molecule has 0 atom stereocenters. The first-order chi connectivity index (χ1) is 13.0. The Morgan fingerprint density at radius 3 is 2.11 bits per heavy atom. The van der Waals surface area contributed by atoms with Crippen LogP contribution in [0, 0.1) is 0 Å². The molecule has 0 radical (unpaired) electrons. The fraction of sp³-hybridized carbons (Fsp3) is 0.0952. The lowest BCUT2D eigenvalue weighted by atomic mass is 10.2. The zero-order chi connectivity index (χ0) is 19.7. The van der Waals surface area contributed by atoms with Gasteiger partial charge in [0.25, 0.3) is 0 Å². The Balaban J connectivity index is 2.08. The molecular formula is C21H22N2O3S. The van der Waals surface area contributed by atoms with Crippen molar-refractivity contribution >= 4 is 27.7 Å². The third kappa shape index (κ3) is 5.77. The monoisotopic (exact) mass is 382 g/mol. The number of carbonyl (C=O) groups excluding carboxylic acids is 1. The number of nitrogens with zero attached hydrogens (tertiary/aromatic N) is 1. The van der Waals surface area contributed by atoms with Crippen molar-refractivity contribution < 1.29 is 13.2 Å². The second kappa shape index (κ2) is 9.66. The first-order valence-electron chi connectivity index (χ1n) is 8.33. The Bertz CT molecular complexity index is 908. The minimum atomic E-state index is -3.65. The first kappa shape index (κ1) is 20.4. The van der Waals surface area contributed by atoms with Crippen molar-refractivity contribution in [2.75, 3.05) is 18.4 Å². The molecule has 0 aliphatic heterocycles. The van der Waals surface area contributed by atoms with Gasteiger partial charge in [0.15, 0.2) is 0 Å². The molecular weight excluding hydrogens is 360 g/mol. The van der Waals surface area contributed by atoms with Gasteiger partial charge in [0.05, 0.1) is 4.90 Å². The number of amides is 1. The Morgan fingerprint density at radius 2 is 1.56 bits per heavy atom. The molecule has 0 unspecified atom stereocenters. The van der Waals surface area contributed by atoms with Gasteiger partial charge in [0.2, 0.25) is 15.9 Å². The van der Waals surface area contributed by atoms with Gasteiger partial charge in [-0.15, -0.1) is 13.2 Å². The Hall–Kier alpha value is -2.96. The van der Waals surface area contributed by atoms with Crippen LogP contribution in [-0.2, 0) is 14.8 Å². The van der Waals surface area contributed by atoms with Crippen LogP contribution in [-0.4, -0.2) is 31.7 Å². The largest absolute Gasteiger partial charge is 0.323 e. The quantitative estimate of drug-likeness (QED) is 0.531. The van der Waals surface area contributed by atoms with Gasteiger partial charge in [-0.3, -0.25) is 4.79 Å². The minimum absolute atomic E-state index is 0.143. The van der Waals surface area contributed by atoms with Crippen molar-refractivity contribution in [1.29, 1.82) is 0 Å². The zero-order valence-corrected chi connectivity index (χ0v) is 15.7. The summed E-state index contributed by atoms with van der Waals surface area (Å²) in [5, 5.41) is 2.70. The van der Waals surface area contributed by atoms with E-state index in [1.54, 1.807) is 18.2 Å². The average Bonchev–Trinajstić information content (AvgIpc) is 2.67. The number of rotatable bonds is 9. The summed E-state index contributed by atoms with van der Waals surface area (Å²) in [5.74, 6) is -0.297. The van der Waals surface area contributed by atoms with Gasteiger partial charge in [-0.1, -0.05) is 42.5 Å². The van der Waals surface area contributed by atoms with E-state index in [0.717, 1.165) is 5.56 Å². The van der Waals surface area contributed by atoms with E-state index in [1.165, 1.54) is 34.7 Å². The predicted octanol–water partition coefficient (Wildman–Crippen LogP) is 3.70. The lowest BCUT2D eigenvalue weighted by molar-refractivity contribution is -0.111. The third-order valence-corrected chi connectivity index (χ3v) is 5.50. The summed E-state index contributed by atoms with van der Waals surface area (Å²) in [4.78, 5) is 12.1. The van der Waals surface area contributed by atoms with Crippen molar-refractivity contribution in [2.24, 2.45) is 0 Å². The molecule has 2 aromatic carbocycles. The number of hydrogen-bond acceptors (Lipinski definition) is 3. The molecule has 1 amide bonds. The van der Waals surface area contributed by atoms with Gasteiger partial charge in [-0.2, -0.15) is 4.31 Å². The summed E-state index contributed by atoms with van der Waals surface area (Å²) in [6, 6.07) is 15.5. The van der Waals surface area contributed by atoms with E-state index in [1.807, 2.05) is 30.3 Å². The lowest BCUT2D eigenvalue weighted by Crippen LogP contribution is -2.31. The SMILES string of the molecule is C=CCN(CC=C)S(=O)(=O)c1ccc(NC(=O)C=Cc2ccccc2)cc1. The number of benzene rings is 2.